The molecule has 4 rings (SSSR count). The van der Waals surface area contributed by atoms with Crippen LogP contribution in [-0.2, 0) is 6.42 Å². The minimum absolute atomic E-state index is 0.0347. The Hall–Kier alpha value is -3.67. The number of carbonyl (C=O) groups is 1. The molecule has 6 nitrogen and oxygen atoms in total. The Bertz CT molecular complexity index is 1010. The van der Waals surface area contributed by atoms with Crippen molar-refractivity contribution in [2.75, 3.05) is 6.54 Å². The van der Waals surface area contributed by atoms with Crippen molar-refractivity contribution >= 4 is 5.91 Å². The highest BCUT2D eigenvalue weighted by atomic mass is 16.5. The van der Waals surface area contributed by atoms with Crippen LogP contribution in [0, 0.1) is 0 Å². The zero-order valence-electron chi connectivity index (χ0n) is 14.6. The van der Waals surface area contributed by atoms with E-state index in [2.05, 4.69) is 15.5 Å². The van der Waals surface area contributed by atoms with Crippen LogP contribution in [-0.4, -0.2) is 27.2 Å². The minimum atomic E-state index is -0.367. The number of carbonyl (C=O) groups excluding carboxylic acids is 1. The maximum absolute atomic E-state index is 12.2. The van der Waals surface area contributed by atoms with Crippen molar-refractivity contribution < 1.29 is 9.32 Å². The number of rotatable bonds is 6. The molecule has 1 N–H and O–H groups in total. The lowest BCUT2D eigenvalue weighted by Gasteiger charge is -2.03. The molecule has 0 fully saturated rings. The summed E-state index contributed by atoms with van der Waals surface area (Å²) < 4.78 is 7.11. The molecular formula is C21H18N4O2. The topological polar surface area (TPSA) is 73.0 Å². The van der Waals surface area contributed by atoms with Crippen LogP contribution in [0.5, 0.6) is 0 Å². The number of benzene rings is 2. The molecule has 0 aliphatic rings. The third kappa shape index (κ3) is 3.95. The van der Waals surface area contributed by atoms with E-state index in [9.17, 15) is 4.79 Å². The second-order valence-corrected chi connectivity index (χ2v) is 6.05. The monoisotopic (exact) mass is 358 g/mol. The summed E-state index contributed by atoms with van der Waals surface area (Å²) in [7, 11) is 0. The zero-order chi connectivity index (χ0) is 18.5. The molecule has 2 aromatic heterocycles. The van der Waals surface area contributed by atoms with E-state index in [-0.39, 0.29) is 11.8 Å². The van der Waals surface area contributed by atoms with Crippen molar-refractivity contribution in [1.29, 1.82) is 0 Å². The van der Waals surface area contributed by atoms with Crippen LogP contribution in [0.1, 0.15) is 16.2 Å². The summed E-state index contributed by atoms with van der Waals surface area (Å²) in [6.45, 7) is 0.506. The van der Waals surface area contributed by atoms with Crippen molar-refractivity contribution in [3.63, 3.8) is 0 Å². The highest BCUT2D eigenvalue weighted by Gasteiger charge is 2.15. The van der Waals surface area contributed by atoms with E-state index in [1.165, 1.54) is 0 Å². The lowest BCUT2D eigenvalue weighted by atomic mass is 10.1. The Morgan fingerprint density at radius 2 is 1.70 bits per heavy atom. The van der Waals surface area contributed by atoms with Gasteiger partial charge >= 0.3 is 11.8 Å². The standard InChI is InChI=1S/C21H18N4O2/c26-20(22-13-12-16-6-2-1-3-7-16)21-23-19(24-27-21)17-8-10-18(11-9-17)25-14-4-5-15-25/h1-11,14-15H,12-13H2,(H,22,26). The molecule has 0 bridgehead atoms. The molecule has 0 saturated carbocycles. The molecule has 27 heavy (non-hydrogen) atoms. The molecule has 2 heterocycles. The van der Waals surface area contributed by atoms with Crippen molar-refractivity contribution in [3.05, 3.63) is 90.6 Å². The fourth-order valence-electron chi connectivity index (χ4n) is 2.76. The summed E-state index contributed by atoms with van der Waals surface area (Å²) >= 11 is 0. The summed E-state index contributed by atoms with van der Waals surface area (Å²) in [5.41, 5.74) is 2.98. The van der Waals surface area contributed by atoms with Gasteiger partial charge in [-0.05, 0) is 48.4 Å². The quantitative estimate of drug-likeness (QED) is 0.572. The van der Waals surface area contributed by atoms with Crippen molar-refractivity contribution in [2.45, 2.75) is 6.42 Å². The first kappa shape index (κ1) is 16.8. The van der Waals surface area contributed by atoms with Crippen LogP contribution < -0.4 is 5.32 Å². The third-order valence-corrected chi connectivity index (χ3v) is 4.19. The van der Waals surface area contributed by atoms with Gasteiger partial charge in [0.25, 0.3) is 0 Å². The van der Waals surface area contributed by atoms with Crippen LogP contribution in [0.4, 0.5) is 0 Å². The lowest BCUT2D eigenvalue weighted by Crippen LogP contribution is -2.25. The minimum Gasteiger partial charge on any atom is -0.347 e. The molecule has 4 aromatic rings. The lowest BCUT2D eigenvalue weighted by molar-refractivity contribution is 0.0910. The van der Waals surface area contributed by atoms with Gasteiger partial charge in [0.15, 0.2) is 0 Å². The highest BCUT2D eigenvalue weighted by molar-refractivity contribution is 5.89. The number of nitrogens with one attached hydrogen (secondary N) is 1. The molecule has 0 aliphatic carbocycles. The number of nitrogens with zero attached hydrogens (tertiary/aromatic N) is 3. The summed E-state index contributed by atoms with van der Waals surface area (Å²) in [6.07, 6.45) is 4.69. The Morgan fingerprint density at radius 1 is 0.963 bits per heavy atom. The molecule has 1 amide bonds. The second kappa shape index (κ2) is 7.70. The first-order chi connectivity index (χ1) is 13.3. The smallest absolute Gasteiger partial charge is 0.316 e. The zero-order valence-corrected chi connectivity index (χ0v) is 14.6. The van der Waals surface area contributed by atoms with Gasteiger partial charge in [-0.15, -0.1) is 0 Å². The van der Waals surface area contributed by atoms with E-state index >= 15 is 0 Å². The molecule has 0 atom stereocenters. The number of aromatic nitrogens is 3. The maximum Gasteiger partial charge on any atom is 0.316 e. The van der Waals surface area contributed by atoms with Gasteiger partial charge in [-0.2, -0.15) is 4.98 Å². The van der Waals surface area contributed by atoms with E-state index in [4.69, 9.17) is 4.52 Å². The molecule has 0 radical (unpaired) electrons. The molecule has 2 aromatic carbocycles. The highest BCUT2D eigenvalue weighted by Crippen LogP contribution is 2.18. The number of amides is 1. The van der Waals surface area contributed by atoms with Crippen molar-refractivity contribution in [1.82, 2.24) is 20.0 Å². The first-order valence-electron chi connectivity index (χ1n) is 8.69. The van der Waals surface area contributed by atoms with Crippen LogP contribution in [0.3, 0.4) is 0 Å². The summed E-state index contributed by atoms with van der Waals surface area (Å²) in [6, 6.07) is 21.6. The predicted molar refractivity (Wildman–Crippen MR) is 102 cm³/mol. The van der Waals surface area contributed by atoms with Gasteiger partial charge in [-0.3, -0.25) is 4.79 Å². The summed E-state index contributed by atoms with van der Waals surface area (Å²) in [5, 5.41) is 6.71. The van der Waals surface area contributed by atoms with Crippen LogP contribution in [0.15, 0.2) is 83.6 Å². The molecule has 0 unspecified atom stereocenters. The van der Waals surface area contributed by atoms with Gasteiger partial charge < -0.3 is 14.4 Å². The van der Waals surface area contributed by atoms with E-state index in [1.54, 1.807) is 0 Å². The van der Waals surface area contributed by atoms with Crippen molar-refractivity contribution in [2.24, 2.45) is 0 Å². The van der Waals surface area contributed by atoms with Gasteiger partial charge in [0, 0.05) is 30.2 Å². The fourth-order valence-corrected chi connectivity index (χ4v) is 2.76. The van der Waals surface area contributed by atoms with Crippen molar-refractivity contribution in [3.8, 4) is 17.1 Å². The largest absolute Gasteiger partial charge is 0.347 e. The van der Waals surface area contributed by atoms with Gasteiger partial charge in [-0.1, -0.05) is 35.5 Å². The van der Waals surface area contributed by atoms with E-state index in [0.29, 0.717) is 12.4 Å². The van der Waals surface area contributed by atoms with Crippen LogP contribution in [0.2, 0.25) is 0 Å². The summed E-state index contributed by atoms with van der Waals surface area (Å²) in [5.74, 6) is -0.0107. The van der Waals surface area contributed by atoms with E-state index < -0.39 is 0 Å². The van der Waals surface area contributed by atoms with E-state index in [1.807, 2.05) is 83.7 Å². The van der Waals surface area contributed by atoms with Gasteiger partial charge in [-0.25, -0.2) is 0 Å². The number of hydrogen-bond acceptors (Lipinski definition) is 4. The van der Waals surface area contributed by atoms with Crippen LogP contribution in [0.25, 0.3) is 17.1 Å². The molecule has 0 saturated heterocycles. The molecule has 134 valence electrons. The Balaban J connectivity index is 1.38. The molecule has 0 aliphatic heterocycles. The average molecular weight is 358 g/mol. The Labute approximate surface area is 156 Å². The van der Waals surface area contributed by atoms with Crippen LogP contribution >= 0.6 is 0 Å². The van der Waals surface area contributed by atoms with Gasteiger partial charge in [0.2, 0.25) is 5.82 Å². The molecule has 0 spiro atoms. The van der Waals surface area contributed by atoms with Gasteiger partial charge in [0.1, 0.15) is 0 Å². The third-order valence-electron chi connectivity index (χ3n) is 4.19. The predicted octanol–water partition coefficient (Wildman–Crippen LogP) is 3.50. The van der Waals surface area contributed by atoms with Gasteiger partial charge in [0.05, 0.1) is 0 Å². The molecular weight excluding hydrogens is 340 g/mol. The normalized spacial score (nSPS) is 10.7. The average Bonchev–Trinajstić information content (AvgIpc) is 3.41. The maximum atomic E-state index is 12.2. The Kier molecular flexibility index (Phi) is 4.78. The number of hydrogen-bond donors (Lipinski definition) is 1. The Morgan fingerprint density at radius 3 is 2.44 bits per heavy atom. The second-order valence-electron chi connectivity index (χ2n) is 6.05. The SMILES string of the molecule is O=C(NCCc1ccccc1)c1nc(-c2ccc(-n3cccc3)cc2)no1. The fraction of sp³-hybridized carbons (Fsp3) is 0.0952. The summed E-state index contributed by atoms with van der Waals surface area (Å²) in [4.78, 5) is 16.4. The first-order valence-corrected chi connectivity index (χ1v) is 8.69. The van der Waals surface area contributed by atoms with E-state index in [0.717, 1.165) is 23.2 Å². The molecule has 6 heteroatoms.